The van der Waals surface area contributed by atoms with Gasteiger partial charge in [0, 0.05) is 30.7 Å². The molecule has 2 heterocycles. The second-order valence-electron chi connectivity index (χ2n) is 6.79. The zero-order valence-electron chi connectivity index (χ0n) is 15.5. The van der Waals surface area contributed by atoms with Crippen LogP contribution in [0.2, 0.25) is 5.02 Å². The maximum Gasteiger partial charge on any atom is 0.136 e. The van der Waals surface area contributed by atoms with Gasteiger partial charge in [0.05, 0.1) is 23.5 Å². The summed E-state index contributed by atoms with van der Waals surface area (Å²) in [4.78, 5) is 9.54. The Morgan fingerprint density at radius 2 is 2.08 bits per heavy atom. The van der Waals surface area contributed by atoms with Gasteiger partial charge in [0.1, 0.15) is 5.82 Å². The summed E-state index contributed by atoms with van der Waals surface area (Å²) in [6.45, 7) is 5.82. The Kier molecular flexibility index (Phi) is 5.45. The minimum Gasteiger partial charge on any atom is -0.354 e. The summed E-state index contributed by atoms with van der Waals surface area (Å²) in [5.74, 6) is 1.16. The molecule has 25 heavy (non-hydrogen) atoms. The lowest BCUT2D eigenvalue weighted by atomic mass is 10.0. The number of nitrogens with zero attached hydrogens (tertiary/aromatic N) is 5. The number of anilines is 1. The van der Waals surface area contributed by atoms with Crippen LogP contribution in [-0.2, 0) is 7.05 Å². The predicted octanol–water partition coefficient (Wildman–Crippen LogP) is 2.99. The van der Waals surface area contributed by atoms with Gasteiger partial charge in [0.2, 0.25) is 0 Å². The van der Waals surface area contributed by atoms with Crippen molar-refractivity contribution in [2.45, 2.75) is 13.3 Å². The van der Waals surface area contributed by atoms with Gasteiger partial charge < -0.3 is 9.80 Å². The molecule has 0 aliphatic carbocycles. The first-order valence-electron chi connectivity index (χ1n) is 8.71. The monoisotopic (exact) mass is 359 g/mol. The fourth-order valence-electron chi connectivity index (χ4n) is 3.42. The maximum absolute atomic E-state index is 6.21. The smallest absolute Gasteiger partial charge is 0.136 e. The van der Waals surface area contributed by atoms with Crippen LogP contribution in [0.4, 0.5) is 5.82 Å². The highest BCUT2D eigenvalue weighted by atomic mass is 35.5. The zero-order valence-corrected chi connectivity index (χ0v) is 16.2. The molecule has 1 aromatic carbocycles. The number of hydrogen-bond donors (Lipinski definition) is 0. The number of aliphatic imine (C=N–C) groups is 1. The summed E-state index contributed by atoms with van der Waals surface area (Å²) in [5, 5.41) is 5.41. The van der Waals surface area contributed by atoms with Gasteiger partial charge in [-0.1, -0.05) is 23.7 Å². The van der Waals surface area contributed by atoms with Crippen molar-refractivity contribution >= 4 is 23.1 Å². The first kappa shape index (κ1) is 18.0. The van der Waals surface area contributed by atoms with E-state index >= 15 is 0 Å². The van der Waals surface area contributed by atoms with E-state index in [4.69, 9.17) is 16.6 Å². The summed E-state index contributed by atoms with van der Waals surface area (Å²) in [6, 6.07) is 7.93. The molecule has 0 bridgehead atoms. The van der Waals surface area contributed by atoms with Crippen LogP contribution in [0, 0.1) is 6.92 Å². The molecule has 1 aromatic heterocycles. The molecule has 6 heteroatoms. The molecule has 1 aliphatic rings. The minimum absolute atomic E-state index is 0.732. The molecule has 134 valence electrons. The van der Waals surface area contributed by atoms with E-state index < -0.39 is 0 Å². The quantitative estimate of drug-likeness (QED) is 0.823. The van der Waals surface area contributed by atoms with Crippen molar-refractivity contribution in [3.8, 4) is 0 Å². The van der Waals surface area contributed by atoms with E-state index in [1.54, 1.807) is 0 Å². The third-order valence-electron chi connectivity index (χ3n) is 4.50. The Morgan fingerprint density at radius 1 is 1.28 bits per heavy atom. The normalized spacial score (nSPS) is 14.5. The zero-order chi connectivity index (χ0) is 18.0. The number of benzene rings is 1. The first-order chi connectivity index (χ1) is 12.0. The number of hydrogen-bond acceptors (Lipinski definition) is 4. The van der Waals surface area contributed by atoms with Crippen molar-refractivity contribution in [3.63, 3.8) is 0 Å². The second kappa shape index (κ2) is 7.58. The standard InChI is InChI=1S/C19H26ClN5/c1-14-17-18(15-7-5-8-16(20)13-15)21-9-12-25(11-6-10-23(2)3)19(17)24(4)22-14/h5,7-8,13H,6,9-12H2,1-4H3. The van der Waals surface area contributed by atoms with Crippen LogP contribution in [0.25, 0.3) is 0 Å². The summed E-state index contributed by atoms with van der Waals surface area (Å²) in [7, 11) is 6.25. The van der Waals surface area contributed by atoms with Crippen molar-refractivity contribution in [1.82, 2.24) is 14.7 Å². The van der Waals surface area contributed by atoms with Crippen LogP contribution in [-0.4, -0.2) is 60.7 Å². The van der Waals surface area contributed by atoms with E-state index in [-0.39, 0.29) is 0 Å². The van der Waals surface area contributed by atoms with Crippen molar-refractivity contribution in [1.29, 1.82) is 0 Å². The van der Waals surface area contributed by atoms with Gasteiger partial charge in [-0.15, -0.1) is 0 Å². The second-order valence-corrected chi connectivity index (χ2v) is 7.23. The first-order valence-corrected chi connectivity index (χ1v) is 9.09. The fourth-order valence-corrected chi connectivity index (χ4v) is 3.61. The number of aromatic nitrogens is 2. The lowest BCUT2D eigenvalue weighted by Crippen LogP contribution is -2.31. The van der Waals surface area contributed by atoms with E-state index in [1.165, 1.54) is 0 Å². The van der Waals surface area contributed by atoms with Gasteiger partial charge in [0.15, 0.2) is 0 Å². The minimum atomic E-state index is 0.732. The molecule has 3 rings (SSSR count). The molecule has 0 N–H and O–H groups in total. The summed E-state index contributed by atoms with van der Waals surface area (Å²) in [6.07, 6.45) is 1.11. The van der Waals surface area contributed by atoms with Gasteiger partial charge in [-0.25, -0.2) is 0 Å². The fraction of sp³-hybridized carbons (Fsp3) is 0.474. The number of fused-ring (bicyclic) bond motifs is 1. The molecule has 0 fully saturated rings. The molecule has 0 spiro atoms. The van der Waals surface area contributed by atoms with Crippen molar-refractivity contribution < 1.29 is 0 Å². The van der Waals surface area contributed by atoms with Gasteiger partial charge in [-0.3, -0.25) is 9.67 Å². The molecule has 5 nitrogen and oxygen atoms in total. The topological polar surface area (TPSA) is 36.7 Å². The predicted molar refractivity (Wildman–Crippen MR) is 105 cm³/mol. The average molecular weight is 360 g/mol. The van der Waals surface area contributed by atoms with Gasteiger partial charge in [-0.2, -0.15) is 5.10 Å². The van der Waals surface area contributed by atoms with E-state index in [9.17, 15) is 0 Å². The third kappa shape index (κ3) is 3.88. The largest absolute Gasteiger partial charge is 0.354 e. The van der Waals surface area contributed by atoms with Gasteiger partial charge >= 0.3 is 0 Å². The molecule has 0 unspecified atom stereocenters. The maximum atomic E-state index is 6.21. The Hall–Kier alpha value is -1.85. The Labute approximate surface area is 154 Å². The molecule has 0 saturated heterocycles. The Morgan fingerprint density at radius 3 is 2.80 bits per heavy atom. The highest BCUT2D eigenvalue weighted by Gasteiger charge is 2.26. The van der Waals surface area contributed by atoms with Crippen LogP contribution in [0.15, 0.2) is 29.3 Å². The lowest BCUT2D eigenvalue weighted by molar-refractivity contribution is 0.400. The molecular formula is C19H26ClN5. The lowest BCUT2D eigenvalue weighted by Gasteiger charge is -2.24. The summed E-state index contributed by atoms with van der Waals surface area (Å²) >= 11 is 6.21. The van der Waals surface area contributed by atoms with Gasteiger partial charge in [0.25, 0.3) is 0 Å². The highest BCUT2D eigenvalue weighted by Crippen LogP contribution is 2.29. The van der Waals surface area contributed by atoms with Crippen LogP contribution < -0.4 is 4.90 Å². The molecule has 0 radical (unpaired) electrons. The van der Waals surface area contributed by atoms with Crippen molar-refractivity contribution in [2.24, 2.45) is 12.0 Å². The molecule has 0 saturated carbocycles. The molecule has 1 aliphatic heterocycles. The van der Waals surface area contributed by atoms with Crippen molar-refractivity contribution in [3.05, 3.63) is 46.1 Å². The molecular weight excluding hydrogens is 334 g/mol. The Balaban J connectivity index is 1.98. The average Bonchev–Trinajstić information content (AvgIpc) is 2.73. The van der Waals surface area contributed by atoms with Crippen LogP contribution >= 0.6 is 11.6 Å². The summed E-state index contributed by atoms with van der Waals surface area (Å²) < 4.78 is 1.99. The number of rotatable bonds is 5. The Bertz CT molecular complexity index is 778. The van der Waals surface area contributed by atoms with E-state index in [0.29, 0.717) is 0 Å². The van der Waals surface area contributed by atoms with Crippen LogP contribution in [0.3, 0.4) is 0 Å². The van der Waals surface area contributed by atoms with Crippen LogP contribution in [0.5, 0.6) is 0 Å². The van der Waals surface area contributed by atoms with Crippen molar-refractivity contribution in [2.75, 3.05) is 45.2 Å². The summed E-state index contributed by atoms with van der Waals surface area (Å²) in [5.41, 5.74) is 4.20. The van der Waals surface area contributed by atoms with E-state index in [0.717, 1.165) is 66.0 Å². The number of halogens is 1. The molecule has 0 amide bonds. The number of aryl methyl sites for hydroxylation is 2. The van der Waals surface area contributed by atoms with Crippen LogP contribution in [0.1, 0.15) is 23.2 Å². The highest BCUT2D eigenvalue weighted by molar-refractivity contribution is 6.31. The third-order valence-corrected chi connectivity index (χ3v) is 4.73. The van der Waals surface area contributed by atoms with E-state index in [2.05, 4.69) is 42.0 Å². The molecule has 0 atom stereocenters. The van der Waals surface area contributed by atoms with Gasteiger partial charge in [-0.05, 0) is 46.1 Å². The SMILES string of the molecule is Cc1nn(C)c2c1C(c1cccc(Cl)c1)=NCCN2CCCN(C)C. The molecule has 2 aromatic rings. The van der Waals surface area contributed by atoms with E-state index in [1.807, 2.05) is 29.9 Å².